The number of nitrogens with zero attached hydrogens (tertiary/aromatic N) is 2. The van der Waals surface area contributed by atoms with Crippen molar-refractivity contribution < 1.29 is 61.3 Å². The number of rotatable bonds is 1. The smallest absolute Gasteiger partial charge is 1.00 e. The molecule has 0 N–H and O–H groups in total. The zero-order valence-corrected chi connectivity index (χ0v) is 11.2. The third-order valence-corrected chi connectivity index (χ3v) is 3.02. The van der Waals surface area contributed by atoms with Gasteiger partial charge < -0.3 is 0 Å². The molecule has 2 heterocycles. The minimum Gasteiger partial charge on any atom is 1.00 e. The van der Waals surface area contributed by atoms with Gasteiger partial charge in [-0.15, -0.1) is 0 Å². The Bertz CT molecular complexity index is 347. The molecule has 0 radical (unpaired) electrons. The van der Waals surface area contributed by atoms with Crippen LogP contribution in [0.25, 0.3) is 0 Å². The summed E-state index contributed by atoms with van der Waals surface area (Å²) in [4.78, 5) is 18.2. The fraction of sp³-hybridized carbons (Fsp3) is 0.167. The van der Waals surface area contributed by atoms with Crippen LogP contribution < -0.4 is 56.5 Å². The summed E-state index contributed by atoms with van der Waals surface area (Å²) in [5.41, 5.74) is 0.929. The fourth-order valence-electron chi connectivity index (χ4n) is 0.914. The van der Waals surface area contributed by atoms with Gasteiger partial charge in [-0.05, 0) is 0 Å². The number of hydrogen-bond donors (Lipinski definition) is 0. The van der Waals surface area contributed by atoms with Crippen LogP contribution in [0.4, 0.5) is 4.56 Å². The number of carboxylic acids is 1. The second-order valence-corrected chi connectivity index (χ2v) is 3.88. The molecule has 1 aromatic rings. The van der Waals surface area contributed by atoms with Gasteiger partial charge in [0.05, 0.1) is 0 Å². The molecule has 0 aliphatic carbocycles. The quantitative estimate of drug-likeness (QED) is 0.474. The number of carboxylic acid groups (broad SMARTS) is 1. The van der Waals surface area contributed by atoms with E-state index in [0.717, 1.165) is 10.3 Å². The Hall–Kier alpha value is 0.706. The van der Waals surface area contributed by atoms with Crippen LogP contribution in [0.15, 0.2) is 10.1 Å². The van der Waals surface area contributed by atoms with E-state index in [-0.39, 0.29) is 71.6 Å². The largest absolute Gasteiger partial charge is 1.00 e. The van der Waals surface area contributed by atoms with Crippen LogP contribution in [0, 0.1) is 0 Å². The van der Waals surface area contributed by atoms with Crippen molar-refractivity contribution >= 4 is 30.7 Å². The van der Waals surface area contributed by atoms with E-state index in [2.05, 4.69) is 9.98 Å². The van der Waals surface area contributed by atoms with Gasteiger partial charge in [0.2, 0.25) is 0 Å². The number of aromatic nitrogens is 1. The zero-order valence-electron chi connectivity index (χ0n) is 6.40. The van der Waals surface area contributed by atoms with E-state index in [4.69, 9.17) is 0 Å². The van der Waals surface area contributed by atoms with Crippen molar-refractivity contribution in [2.75, 3.05) is 0 Å². The maximum absolute atomic E-state index is 10.3. The Morgan fingerprint density at radius 3 is 3.00 bits per heavy atom. The standard InChI is InChI=1S/C6H4N2O2Se.K/c9-6(10)4-1-3-5(8-4)11-2-7-3;/h2H,1H2,(H,9,10);/q;+1/p-1. The molecule has 1 aliphatic heterocycles. The van der Waals surface area contributed by atoms with Gasteiger partial charge in [0, 0.05) is 0 Å². The molecule has 0 amide bonds. The Labute approximate surface area is 117 Å². The Morgan fingerprint density at radius 1 is 1.67 bits per heavy atom. The maximum atomic E-state index is 10.3. The molecule has 0 saturated heterocycles. The topological polar surface area (TPSA) is 65.4 Å². The summed E-state index contributed by atoms with van der Waals surface area (Å²) in [7, 11) is 0. The summed E-state index contributed by atoms with van der Waals surface area (Å²) in [5, 5.41) is 12.1. The van der Waals surface area contributed by atoms with Gasteiger partial charge in [-0.2, -0.15) is 0 Å². The molecular weight excluding hydrogens is 250 g/mol. The van der Waals surface area contributed by atoms with Crippen LogP contribution in [0.3, 0.4) is 0 Å². The van der Waals surface area contributed by atoms with Crippen LogP contribution in [-0.2, 0) is 11.2 Å². The minimum absolute atomic E-state index is 0. The van der Waals surface area contributed by atoms with Crippen LogP contribution in [0.2, 0.25) is 0 Å². The summed E-state index contributed by atoms with van der Waals surface area (Å²) >= 11 is 0.145. The van der Waals surface area contributed by atoms with E-state index in [1.165, 1.54) is 0 Å². The van der Waals surface area contributed by atoms with Crippen molar-refractivity contribution in [1.29, 1.82) is 0 Å². The first kappa shape index (κ1) is 10.8. The van der Waals surface area contributed by atoms with Gasteiger partial charge in [0.15, 0.2) is 0 Å². The number of hydrogen-bond acceptors (Lipinski definition) is 4. The number of aliphatic imine (C=N–C) groups is 1. The van der Waals surface area contributed by atoms with Gasteiger partial charge in [-0.3, -0.25) is 0 Å². The van der Waals surface area contributed by atoms with E-state index < -0.39 is 5.97 Å². The van der Waals surface area contributed by atoms with Gasteiger partial charge in [0.25, 0.3) is 0 Å². The summed E-state index contributed by atoms with van der Waals surface area (Å²) in [6, 6.07) is 0. The molecule has 1 aromatic heterocycles. The van der Waals surface area contributed by atoms with Gasteiger partial charge in [0.1, 0.15) is 0 Å². The normalized spacial score (nSPS) is 13.2. The molecule has 4 nitrogen and oxygen atoms in total. The number of fused-ring (bicyclic) bond motifs is 1. The molecule has 1 aliphatic rings. The van der Waals surface area contributed by atoms with Gasteiger partial charge >= 0.3 is 119 Å². The zero-order chi connectivity index (χ0) is 7.84. The van der Waals surface area contributed by atoms with Crippen molar-refractivity contribution in [2.24, 2.45) is 4.99 Å². The van der Waals surface area contributed by atoms with Gasteiger partial charge in [-0.25, -0.2) is 0 Å². The van der Waals surface area contributed by atoms with Crippen molar-refractivity contribution in [3.05, 3.63) is 10.8 Å². The molecule has 12 heavy (non-hydrogen) atoms. The molecular formula is C6H3KN2O2Se. The van der Waals surface area contributed by atoms with Crippen molar-refractivity contribution in [3.63, 3.8) is 0 Å². The molecule has 6 heteroatoms. The van der Waals surface area contributed by atoms with Crippen LogP contribution in [0.1, 0.15) is 5.69 Å². The molecule has 0 fully saturated rings. The van der Waals surface area contributed by atoms with Crippen molar-refractivity contribution in [1.82, 2.24) is 4.98 Å². The van der Waals surface area contributed by atoms with E-state index in [9.17, 15) is 9.90 Å². The minimum atomic E-state index is -1.18. The summed E-state index contributed by atoms with van der Waals surface area (Å²) < 4.78 is 0.844. The summed E-state index contributed by atoms with van der Waals surface area (Å²) in [6.45, 7) is 0. The summed E-state index contributed by atoms with van der Waals surface area (Å²) in [6.07, 6.45) is 0.343. The first-order chi connectivity index (χ1) is 5.27. The van der Waals surface area contributed by atoms with Gasteiger partial charge in [-0.1, -0.05) is 0 Å². The van der Waals surface area contributed by atoms with E-state index >= 15 is 0 Å². The first-order valence-corrected chi connectivity index (χ1v) is 4.83. The molecule has 0 bridgehead atoms. The van der Waals surface area contributed by atoms with E-state index in [1.54, 1.807) is 5.07 Å². The average Bonchev–Trinajstić information content (AvgIpc) is 2.40. The van der Waals surface area contributed by atoms with Crippen molar-refractivity contribution in [3.8, 4) is 0 Å². The molecule has 0 atom stereocenters. The Kier molecular flexibility index (Phi) is 3.85. The van der Waals surface area contributed by atoms with Crippen LogP contribution in [0.5, 0.6) is 0 Å². The number of carbonyl (C=O) groups excluding carboxylic acids is 1. The molecule has 0 saturated carbocycles. The fourth-order valence-corrected chi connectivity index (χ4v) is 2.39. The maximum Gasteiger partial charge on any atom is 1.00 e. The van der Waals surface area contributed by atoms with Crippen LogP contribution in [-0.4, -0.2) is 31.2 Å². The monoisotopic (exact) mass is 254 g/mol. The second kappa shape index (κ2) is 4.28. The molecule has 0 aromatic carbocycles. The SMILES string of the molecule is O=C([O-])C1=Nc2[se]cnc2C1.[K+]. The predicted octanol–water partition coefficient (Wildman–Crippen LogP) is -4.48. The molecule has 2 rings (SSSR count). The predicted molar refractivity (Wildman–Crippen MR) is 37.0 cm³/mol. The van der Waals surface area contributed by atoms with Crippen molar-refractivity contribution in [2.45, 2.75) is 6.42 Å². The summed E-state index contributed by atoms with van der Waals surface area (Å²) in [5.74, 6) is -1.18. The third-order valence-electron chi connectivity index (χ3n) is 1.43. The van der Waals surface area contributed by atoms with Crippen LogP contribution >= 0.6 is 0 Å². The molecule has 0 spiro atoms. The van der Waals surface area contributed by atoms with E-state index in [0.29, 0.717) is 6.42 Å². The second-order valence-electron chi connectivity index (χ2n) is 2.13. The third kappa shape index (κ3) is 1.96. The number of aliphatic carboxylic acids is 1. The van der Waals surface area contributed by atoms with E-state index in [1.807, 2.05) is 0 Å². The average molecular weight is 253 g/mol. The Morgan fingerprint density at radius 2 is 2.42 bits per heavy atom. The Balaban J connectivity index is 0.000000720. The first-order valence-electron chi connectivity index (χ1n) is 2.98. The molecule has 56 valence electrons. The number of carbonyl (C=O) groups is 1. The molecule has 0 unspecified atom stereocenters.